The quantitative estimate of drug-likeness (QED) is 0.412. The minimum absolute atomic E-state index is 0.0223. The Morgan fingerprint density at radius 1 is 1.12 bits per heavy atom. The normalized spacial score (nSPS) is 24.7. The molecule has 2 aromatic rings. The number of nitrogens with zero attached hydrogens (tertiary/aromatic N) is 2. The zero-order valence-electron chi connectivity index (χ0n) is 22.9. The monoisotopic (exact) mass is 572 g/mol. The number of ether oxygens (including phenoxy) is 2. The van der Waals surface area contributed by atoms with Crippen LogP contribution in [0.5, 0.6) is 5.75 Å². The van der Waals surface area contributed by atoms with Crippen LogP contribution in [0.3, 0.4) is 0 Å². The van der Waals surface area contributed by atoms with Gasteiger partial charge in [-0.3, -0.25) is 9.45 Å². The predicted molar refractivity (Wildman–Crippen MR) is 148 cm³/mol. The van der Waals surface area contributed by atoms with E-state index in [2.05, 4.69) is 17.0 Å². The summed E-state index contributed by atoms with van der Waals surface area (Å²) in [7, 11) is -4.00. The van der Waals surface area contributed by atoms with Crippen LogP contribution in [0.15, 0.2) is 36.4 Å². The first-order chi connectivity index (χ1) is 19.1. The van der Waals surface area contributed by atoms with Gasteiger partial charge in [0.05, 0.1) is 18.9 Å². The molecule has 1 amide bonds. The Kier molecular flexibility index (Phi) is 7.29. The largest absolute Gasteiger partial charge is 0.494 e. The Morgan fingerprint density at radius 2 is 1.82 bits per heavy atom. The summed E-state index contributed by atoms with van der Waals surface area (Å²) in [5.74, 6) is 0.775. The summed E-state index contributed by atoms with van der Waals surface area (Å²) in [4.78, 5) is 16.9. The van der Waals surface area contributed by atoms with Crippen LogP contribution < -0.4 is 4.74 Å². The molecule has 0 bridgehead atoms. The molecule has 1 N–H and O–H groups in total. The Bertz CT molecular complexity index is 1360. The number of hydrogen-bond acceptors (Lipinski definition) is 6. The molecule has 216 valence electrons. The van der Waals surface area contributed by atoms with E-state index < -0.39 is 15.7 Å². The molecular weight excluding hydrogens is 535 g/mol. The van der Waals surface area contributed by atoms with Gasteiger partial charge in [-0.25, -0.2) is 9.18 Å². The average molecular weight is 573 g/mol. The molecule has 4 aliphatic rings. The van der Waals surface area contributed by atoms with E-state index in [0.29, 0.717) is 31.9 Å². The van der Waals surface area contributed by atoms with Crippen molar-refractivity contribution in [3.05, 3.63) is 53.3 Å². The van der Waals surface area contributed by atoms with E-state index in [-0.39, 0.29) is 29.6 Å². The summed E-state index contributed by atoms with van der Waals surface area (Å²) >= 11 is 0. The molecule has 2 heterocycles. The molecular formula is C30H37FN2O6S. The van der Waals surface area contributed by atoms with Gasteiger partial charge in [-0.2, -0.15) is 8.42 Å². The molecule has 2 aliphatic carbocycles. The third kappa shape index (κ3) is 5.85. The Hall–Kier alpha value is -2.69. The van der Waals surface area contributed by atoms with E-state index in [9.17, 15) is 17.6 Å². The van der Waals surface area contributed by atoms with Crippen LogP contribution >= 0.6 is 0 Å². The summed E-state index contributed by atoms with van der Waals surface area (Å²) in [5.41, 5.74) is 4.05. The molecule has 0 radical (unpaired) electrons. The van der Waals surface area contributed by atoms with Crippen LogP contribution in [0.4, 0.5) is 9.18 Å². The van der Waals surface area contributed by atoms with Gasteiger partial charge >= 0.3 is 6.09 Å². The van der Waals surface area contributed by atoms with Crippen LogP contribution in [0.25, 0.3) is 11.1 Å². The van der Waals surface area contributed by atoms with Crippen molar-refractivity contribution in [1.82, 2.24) is 9.80 Å². The molecule has 0 atom stereocenters. The number of piperidine rings is 1. The molecule has 2 aromatic carbocycles. The van der Waals surface area contributed by atoms with Crippen molar-refractivity contribution in [2.75, 3.05) is 32.0 Å². The lowest BCUT2D eigenvalue weighted by Gasteiger charge is -2.41. The summed E-state index contributed by atoms with van der Waals surface area (Å²) in [6.45, 7) is 5.40. The second-order valence-corrected chi connectivity index (χ2v) is 13.5. The van der Waals surface area contributed by atoms with E-state index in [1.54, 1.807) is 4.90 Å². The van der Waals surface area contributed by atoms with Crippen LogP contribution in [-0.4, -0.2) is 72.5 Å². The fourth-order valence-electron chi connectivity index (χ4n) is 6.61. The number of carbonyl (C=O) groups excluding carboxylic acids is 1. The zero-order valence-corrected chi connectivity index (χ0v) is 23.7. The van der Waals surface area contributed by atoms with Crippen molar-refractivity contribution < 1.29 is 31.6 Å². The molecule has 8 nitrogen and oxygen atoms in total. The van der Waals surface area contributed by atoms with Crippen molar-refractivity contribution in [2.45, 2.75) is 69.6 Å². The molecule has 6 rings (SSSR count). The van der Waals surface area contributed by atoms with Crippen LogP contribution in [0.2, 0.25) is 0 Å². The number of hydrogen-bond donors (Lipinski definition) is 1. The lowest BCUT2D eigenvalue weighted by Crippen LogP contribution is -2.50. The smallest absolute Gasteiger partial charge is 0.410 e. The van der Waals surface area contributed by atoms with Crippen LogP contribution in [0.1, 0.15) is 62.5 Å². The second-order valence-electron chi connectivity index (χ2n) is 12.0. The van der Waals surface area contributed by atoms with Crippen molar-refractivity contribution in [2.24, 2.45) is 5.92 Å². The number of rotatable bonds is 9. The van der Waals surface area contributed by atoms with Gasteiger partial charge in [-0.15, -0.1) is 0 Å². The Labute approximate surface area is 235 Å². The maximum absolute atomic E-state index is 13.6. The average Bonchev–Trinajstić information content (AvgIpc) is 3.68. The van der Waals surface area contributed by atoms with Gasteiger partial charge in [-0.1, -0.05) is 12.1 Å². The third-order valence-electron chi connectivity index (χ3n) is 8.96. The predicted octanol–water partition coefficient (Wildman–Crippen LogP) is 5.22. The highest BCUT2D eigenvalue weighted by molar-refractivity contribution is 7.85. The van der Waals surface area contributed by atoms with Gasteiger partial charge in [-0.05, 0) is 85.4 Å². The van der Waals surface area contributed by atoms with Gasteiger partial charge < -0.3 is 14.4 Å². The summed E-state index contributed by atoms with van der Waals surface area (Å²) in [5, 5.41) is 0. The van der Waals surface area contributed by atoms with E-state index in [0.717, 1.165) is 67.8 Å². The van der Waals surface area contributed by atoms with Gasteiger partial charge in [0.2, 0.25) is 0 Å². The Balaban J connectivity index is 1.12. The van der Waals surface area contributed by atoms with Crippen molar-refractivity contribution in [3.8, 4) is 16.9 Å². The van der Waals surface area contributed by atoms with Gasteiger partial charge in [0.15, 0.2) is 0 Å². The van der Waals surface area contributed by atoms with Crippen LogP contribution in [0, 0.1) is 11.7 Å². The number of likely N-dealkylation sites (tertiary alicyclic amines) is 1. The number of halogens is 1. The van der Waals surface area contributed by atoms with E-state index in [1.165, 1.54) is 17.7 Å². The lowest BCUT2D eigenvalue weighted by molar-refractivity contribution is -0.00167. The molecule has 2 saturated heterocycles. The number of amides is 1. The summed E-state index contributed by atoms with van der Waals surface area (Å²) in [6, 6.07) is 11.1. The maximum atomic E-state index is 13.6. The highest BCUT2D eigenvalue weighted by atomic mass is 32.2. The zero-order chi connectivity index (χ0) is 28.1. The molecule has 2 saturated carbocycles. The first-order valence-corrected chi connectivity index (χ1v) is 15.9. The van der Waals surface area contributed by atoms with Crippen LogP contribution in [-0.2, 0) is 21.4 Å². The molecule has 10 heteroatoms. The first kappa shape index (κ1) is 27.5. The SMILES string of the molecule is CCOc1cc(-c2ccc(F)cc2)c(C2CC2)cc1CN1CCC2(CC1)CN([C@H]1C[C@H](CS(=O)(=O)O)C1)C(=O)O2. The minimum atomic E-state index is -4.00. The van der Waals surface area contributed by atoms with E-state index >= 15 is 0 Å². The van der Waals surface area contributed by atoms with Gasteiger partial charge in [0.1, 0.15) is 17.2 Å². The maximum Gasteiger partial charge on any atom is 0.410 e. The molecule has 40 heavy (non-hydrogen) atoms. The fraction of sp³-hybridized carbons (Fsp3) is 0.567. The molecule has 2 aliphatic heterocycles. The topological polar surface area (TPSA) is 96.4 Å². The Morgan fingerprint density at radius 3 is 2.45 bits per heavy atom. The number of carbonyl (C=O) groups is 1. The summed E-state index contributed by atoms with van der Waals surface area (Å²) < 4.78 is 57.0. The van der Waals surface area contributed by atoms with Crippen molar-refractivity contribution >= 4 is 16.2 Å². The van der Waals surface area contributed by atoms with Gasteiger partial charge in [0, 0.05) is 44.1 Å². The van der Waals surface area contributed by atoms with Gasteiger partial charge in [0.25, 0.3) is 10.1 Å². The standard InChI is InChI=1S/C30H37FN2O6S/c1-2-38-28-16-27(22-5-7-24(31)8-6-22)26(21-3-4-21)15-23(28)17-32-11-9-30(10-12-32)19-33(29(34)39-30)25-13-20(14-25)18-40(35,36)37/h5-8,15-16,20-21,25H,2-4,9-14,17-19H2,1H3,(H,35,36,37)/t20-,25-. The van der Waals surface area contributed by atoms with E-state index in [1.807, 2.05) is 19.1 Å². The second kappa shape index (κ2) is 10.6. The summed E-state index contributed by atoms with van der Waals surface area (Å²) in [6.07, 6.45) is 4.64. The number of benzene rings is 2. The first-order valence-electron chi connectivity index (χ1n) is 14.3. The lowest BCUT2D eigenvalue weighted by atomic mass is 9.80. The third-order valence-corrected chi connectivity index (χ3v) is 9.85. The van der Waals surface area contributed by atoms with Crippen molar-refractivity contribution in [1.29, 1.82) is 0 Å². The highest BCUT2D eigenvalue weighted by Crippen LogP contribution is 2.47. The fourth-order valence-corrected chi connectivity index (χ4v) is 7.47. The van der Waals surface area contributed by atoms with E-state index in [4.69, 9.17) is 14.0 Å². The molecule has 0 unspecified atom stereocenters. The molecule has 4 fully saturated rings. The van der Waals surface area contributed by atoms with Crippen molar-refractivity contribution in [3.63, 3.8) is 0 Å². The minimum Gasteiger partial charge on any atom is -0.494 e. The highest BCUT2D eigenvalue weighted by Gasteiger charge is 2.51. The molecule has 0 aromatic heterocycles. The molecule has 1 spiro atoms.